The Morgan fingerprint density at radius 1 is 1.25 bits per heavy atom. The van der Waals surface area contributed by atoms with Crippen LogP contribution in [0, 0.1) is 0 Å². The molecule has 1 aromatic carbocycles. The second kappa shape index (κ2) is 5.06. The van der Waals surface area contributed by atoms with Gasteiger partial charge in [-0.3, -0.25) is 9.47 Å². The second-order valence-corrected chi connectivity index (χ2v) is 7.22. The van der Waals surface area contributed by atoms with Gasteiger partial charge in [-0.05, 0) is 32.9 Å². The summed E-state index contributed by atoms with van der Waals surface area (Å²) in [6.07, 6.45) is 0. The van der Waals surface area contributed by atoms with E-state index in [0.29, 0.717) is 0 Å². The van der Waals surface area contributed by atoms with Crippen molar-refractivity contribution in [2.24, 2.45) is 0 Å². The molecule has 6 heteroatoms. The predicted molar refractivity (Wildman–Crippen MR) is 82.8 cm³/mol. The highest BCUT2D eigenvalue weighted by Crippen LogP contribution is 2.32. The number of halogens is 1. The lowest BCUT2D eigenvalue weighted by atomic mass is 10.1. The van der Waals surface area contributed by atoms with E-state index in [-0.39, 0.29) is 5.54 Å². The summed E-state index contributed by atoms with van der Waals surface area (Å²) in [5.74, 6) is 1.82. The fourth-order valence-electron chi connectivity index (χ4n) is 2.12. The molecule has 1 aliphatic heterocycles. The maximum Gasteiger partial charge on any atom is 0.193 e. The number of nitrogens with zero attached hydrogens (tertiary/aromatic N) is 4. The molecular formula is C14H17ClN4S. The maximum absolute atomic E-state index is 6.07. The number of benzene rings is 1. The van der Waals surface area contributed by atoms with Gasteiger partial charge in [-0.15, -0.1) is 10.2 Å². The minimum Gasteiger partial charge on any atom is -0.288 e. The van der Waals surface area contributed by atoms with Gasteiger partial charge in [0.1, 0.15) is 0 Å². The Morgan fingerprint density at radius 3 is 2.75 bits per heavy atom. The largest absolute Gasteiger partial charge is 0.288 e. The zero-order valence-corrected chi connectivity index (χ0v) is 13.4. The van der Waals surface area contributed by atoms with Gasteiger partial charge in [0.15, 0.2) is 11.0 Å². The van der Waals surface area contributed by atoms with Crippen LogP contribution in [0.15, 0.2) is 29.4 Å². The highest BCUT2D eigenvalue weighted by atomic mass is 35.5. The molecule has 4 nitrogen and oxygen atoms in total. The monoisotopic (exact) mass is 308 g/mol. The smallest absolute Gasteiger partial charge is 0.193 e. The molecule has 3 rings (SSSR count). The Bertz CT molecular complexity index is 632. The fourth-order valence-corrected chi connectivity index (χ4v) is 3.45. The SMILES string of the molecule is CC(C)(C)N1CSc2nnc(-c3cccc(Cl)c3)n2C1. The molecule has 2 heterocycles. The van der Waals surface area contributed by atoms with Gasteiger partial charge in [0.05, 0.1) is 12.5 Å². The fraction of sp³-hybridized carbons (Fsp3) is 0.429. The van der Waals surface area contributed by atoms with Crippen LogP contribution in [-0.4, -0.2) is 31.1 Å². The Morgan fingerprint density at radius 2 is 2.05 bits per heavy atom. The molecule has 0 saturated carbocycles. The normalized spacial score (nSPS) is 16.2. The van der Waals surface area contributed by atoms with Crippen LogP contribution in [0.2, 0.25) is 5.02 Å². The molecule has 0 amide bonds. The van der Waals surface area contributed by atoms with Crippen molar-refractivity contribution in [3.63, 3.8) is 0 Å². The maximum atomic E-state index is 6.07. The zero-order valence-electron chi connectivity index (χ0n) is 11.8. The first kappa shape index (κ1) is 13.9. The first-order valence-electron chi connectivity index (χ1n) is 6.52. The second-order valence-electron chi connectivity index (χ2n) is 5.87. The highest BCUT2D eigenvalue weighted by Gasteiger charge is 2.29. The Balaban J connectivity index is 1.99. The van der Waals surface area contributed by atoms with E-state index in [1.165, 1.54) is 0 Å². The first-order valence-corrected chi connectivity index (χ1v) is 7.88. The number of aromatic nitrogens is 3. The van der Waals surface area contributed by atoms with E-state index in [9.17, 15) is 0 Å². The van der Waals surface area contributed by atoms with Crippen molar-refractivity contribution in [3.8, 4) is 11.4 Å². The third-order valence-corrected chi connectivity index (χ3v) is 4.65. The number of hydrogen-bond acceptors (Lipinski definition) is 4. The van der Waals surface area contributed by atoms with Crippen molar-refractivity contribution in [1.29, 1.82) is 0 Å². The van der Waals surface area contributed by atoms with Gasteiger partial charge < -0.3 is 0 Å². The number of thioether (sulfide) groups is 1. The summed E-state index contributed by atoms with van der Waals surface area (Å²) in [5, 5.41) is 10.3. The molecule has 0 N–H and O–H groups in total. The third-order valence-electron chi connectivity index (χ3n) is 3.41. The van der Waals surface area contributed by atoms with Crippen molar-refractivity contribution in [3.05, 3.63) is 29.3 Å². The van der Waals surface area contributed by atoms with E-state index >= 15 is 0 Å². The molecule has 2 aromatic rings. The number of fused-ring (bicyclic) bond motifs is 1. The summed E-state index contributed by atoms with van der Waals surface area (Å²) in [7, 11) is 0. The third kappa shape index (κ3) is 2.57. The minimum atomic E-state index is 0.126. The predicted octanol–water partition coefficient (Wildman–Crippen LogP) is 3.72. The van der Waals surface area contributed by atoms with Crippen molar-refractivity contribution in [2.45, 2.75) is 38.1 Å². The van der Waals surface area contributed by atoms with Crippen LogP contribution in [-0.2, 0) is 6.67 Å². The summed E-state index contributed by atoms with van der Waals surface area (Å²) in [6, 6.07) is 7.76. The van der Waals surface area contributed by atoms with Gasteiger partial charge in [-0.25, -0.2) is 0 Å². The highest BCUT2D eigenvalue weighted by molar-refractivity contribution is 7.99. The molecule has 0 bridgehead atoms. The van der Waals surface area contributed by atoms with Gasteiger partial charge in [0, 0.05) is 16.1 Å². The molecular weight excluding hydrogens is 292 g/mol. The standard InChI is InChI=1S/C14H17ClN4S/c1-14(2,3)18-8-19-12(16-17-13(19)20-9-18)10-5-4-6-11(15)7-10/h4-7H,8-9H2,1-3H3. The lowest BCUT2D eigenvalue weighted by Gasteiger charge is -2.38. The molecule has 0 saturated heterocycles. The van der Waals surface area contributed by atoms with E-state index in [0.717, 1.165) is 34.1 Å². The van der Waals surface area contributed by atoms with Crippen molar-refractivity contribution < 1.29 is 0 Å². The molecule has 0 spiro atoms. The summed E-state index contributed by atoms with van der Waals surface area (Å²) in [5.41, 5.74) is 1.13. The number of hydrogen-bond donors (Lipinski definition) is 0. The van der Waals surface area contributed by atoms with Crippen LogP contribution in [0.5, 0.6) is 0 Å². The van der Waals surface area contributed by atoms with E-state index in [1.54, 1.807) is 11.8 Å². The van der Waals surface area contributed by atoms with Gasteiger partial charge in [-0.1, -0.05) is 35.5 Å². The van der Waals surface area contributed by atoms with Crippen molar-refractivity contribution >= 4 is 23.4 Å². The summed E-state index contributed by atoms with van der Waals surface area (Å²) < 4.78 is 2.16. The van der Waals surface area contributed by atoms with E-state index in [1.807, 2.05) is 24.3 Å². The van der Waals surface area contributed by atoms with Crippen LogP contribution in [0.1, 0.15) is 20.8 Å². The first-order chi connectivity index (χ1) is 9.45. The van der Waals surface area contributed by atoms with E-state index in [4.69, 9.17) is 11.6 Å². The molecule has 20 heavy (non-hydrogen) atoms. The Kier molecular flexibility index (Phi) is 3.52. The molecule has 1 aromatic heterocycles. The van der Waals surface area contributed by atoms with Gasteiger partial charge in [0.25, 0.3) is 0 Å². The molecule has 106 valence electrons. The lowest BCUT2D eigenvalue weighted by Crippen LogP contribution is -2.44. The molecule has 1 aliphatic rings. The van der Waals surface area contributed by atoms with Gasteiger partial charge in [0.2, 0.25) is 0 Å². The average molecular weight is 309 g/mol. The molecule has 0 atom stereocenters. The minimum absolute atomic E-state index is 0.126. The Hall–Kier alpha value is -1.04. The Labute approximate surface area is 128 Å². The van der Waals surface area contributed by atoms with Crippen molar-refractivity contribution in [2.75, 3.05) is 5.88 Å². The molecule has 0 fully saturated rings. The van der Waals surface area contributed by atoms with Crippen LogP contribution < -0.4 is 0 Å². The van der Waals surface area contributed by atoms with Crippen LogP contribution in [0.4, 0.5) is 0 Å². The lowest BCUT2D eigenvalue weighted by molar-refractivity contribution is 0.115. The number of rotatable bonds is 1. The summed E-state index contributed by atoms with van der Waals surface area (Å²) in [6.45, 7) is 7.48. The molecule has 0 unspecified atom stereocenters. The van der Waals surface area contributed by atoms with E-state index < -0.39 is 0 Å². The summed E-state index contributed by atoms with van der Waals surface area (Å²) >= 11 is 7.80. The van der Waals surface area contributed by atoms with Crippen LogP contribution >= 0.6 is 23.4 Å². The van der Waals surface area contributed by atoms with Crippen LogP contribution in [0.25, 0.3) is 11.4 Å². The van der Waals surface area contributed by atoms with Gasteiger partial charge in [-0.2, -0.15) is 0 Å². The summed E-state index contributed by atoms with van der Waals surface area (Å²) in [4.78, 5) is 2.40. The van der Waals surface area contributed by atoms with Crippen molar-refractivity contribution in [1.82, 2.24) is 19.7 Å². The topological polar surface area (TPSA) is 34.0 Å². The quantitative estimate of drug-likeness (QED) is 0.804. The average Bonchev–Trinajstić information content (AvgIpc) is 2.80. The molecule has 0 aliphatic carbocycles. The van der Waals surface area contributed by atoms with Gasteiger partial charge >= 0.3 is 0 Å². The molecule has 0 radical (unpaired) electrons. The van der Waals surface area contributed by atoms with Crippen LogP contribution in [0.3, 0.4) is 0 Å². The zero-order chi connectivity index (χ0) is 14.3. The van der Waals surface area contributed by atoms with E-state index in [2.05, 4.69) is 40.4 Å².